The summed E-state index contributed by atoms with van der Waals surface area (Å²) in [5, 5.41) is 3.65. The molecule has 152 valence electrons. The van der Waals surface area contributed by atoms with Crippen LogP contribution in [0.5, 0.6) is 11.5 Å². The summed E-state index contributed by atoms with van der Waals surface area (Å²) in [7, 11) is 3.15. The van der Waals surface area contributed by atoms with Gasteiger partial charge in [0.25, 0.3) is 0 Å². The average molecular weight is 396 g/mol. The van der Waals surface area contributed by atoms with Gasteiger partial charge in [-0.15, -0.1) is 0 Å². The van der Waals surface area contributed by atoms with Gasteiger partial charge in [-0.25, -0.2) is 0 Å². The molecule has 0 aliphatic rings. The molecule has 2 aromatic carbocycles. The first kappa shape index (κ1) is 20.3. The Morgan fingerprint density at radius 2 is 1.83 bits per heavy atom. The molecule has 7 heteroatoms. The van der Waals surface area contributed by atoms with E-state index in [4.69, 9.17) is 13.9 Å². The van der Waals surface area contributed by atoms with Gasteiger partial charge >= 0.3 is 0 Å². The average Bonchev–Trinajstić information content (AvgIpc) is 3.13. The number of furan rings is 1. The minimum atomic E-state index is -0.268. The van der Waals surface area contributed by atoms with Crippen molar-refractivity contribution in [3.05, 3.63) is 54.3 Å². The van der Waals surface area contributed by atoms with Crippen LogP contribution in [-0.4, -0.2) is 44.0 Å². The Labute approximate surface area is 169 Å². The molecule has 3 aromatic rings. The summed E-state index contributed by atoms with van der Waals surface area (Å²) in [6.45, 7) is 2.24. The lowest BCUT2D eigenvalue weighted by Crippen LogP contribution is -2.38. The molecule has 2 amide bonds. The fourth-order valence-electron chi connectivity index (χ4n) is 3.05. The molecule has 0 bridgehead atoms. The van der Waals surface area contributed by atoms with E-state index in [0.717, 1.165) is 10.9 Å². The van der Waals surface area contributed by atoms with Crippen molar-refractivity contribution >= 4 is 28.5 Å². The summed E-state index contributed by atoms with van der Waals surface area (Å²) >= 11 is 0. The highest BCUT2D eigenvalue weighted by atomic mass is 16.5. The number of benzene rings is 2. The highest BCUT2D eigenvalue weighted by Gasteiger charge is 2.18. The Kier molecular flexibility index (Phi) is 6.39. The predicted octanol–water partition coefficient (Wildman–Crippen LogP) is 3.48. The lowest BCUT2D eigenvalue weighted by atomic mass is 10.1. The number of carbonyl (C=O) groups excluding carboxylic acids is 2. The van der Waals surface area contributed by atoms with Crippen molar-refractivity contribution in [2.24, 2.45) is 0 Å². The Hall–Kier alpha value is -3.48. The molecular weight excluding hydrogens is 372 g/mol. The van der Waals surface area contributed by atoms with Crippen molar-refractivity contribution in [2.45, 2.75) is 13.3 Å². The SMILES string of the molecule is CCN(CC(=O)Nc1cccc(OC)c1)C(=O)Cc1coc2cc(OC)ccc12. The lowest BCUT2D eigenvalue weighted by molar-refractivity contribution is -0.133. The second-order valence-corrected chi connectivity index (χ2v) is 6.49. The third-order valence-corrected chi connectivity index (χ3v) is 4.63. The zero-order valence-corrected chi connectivity index (χ0v) is 16.7. The predicted molar refractivity (Wildman–Crippen MR) is 110 cm³/mol. The fourth-order valence-corrected chi connectivity index (χ4v) is 3.05. The van der Waals surface area contributed by atoms with Gasteiger partial charge < -0.3 is 24.1 Å². The van der Waals surface area contributed by atoms with Gasteiger partial charge in [0.2, 0.25) is 11.8 Å². The molecule has 0 aliphatic heterocycles. The van der Waals surface area contributed by atoms with Gasteiger partial charge in [-0.3, -0.25) is 9.59 Å². The molecule has 1 aromatic heterocycles. The second-order valence-electron chi connectivity index (χ2n) is 6.49. The lowest BCUT2D eigenvalue weighted by Gasteiger charge is -2.20. The largest absolute Gasteiger partial charge is 0.497 e. The first-order valence-corrected chi connectivity index (χ1v) is 9.29. The van der Waals surface area contributed by atoms with Crippen molar-refractivity contribution in [1.82, 2.24) is 4.90 Å². The number of hydrogen-bond acceptors (Lipinski definition) is 5. The van der Waals surface area contributed by atoms with E-state index in [2.05, 4.69) is 5.32 Å². The van der Waals surface area contributed by atoms with Gasteiger partial charge in [0, 0.05) is 35.3 Å². The van der Waals surface area contributed by atoms with Crippen molar-refractivity contribution in [3.63, 3.8) is 0 Å². The van der Waals surface area contributed by atoms with E-state index < -0.39 is 0 Å². The van der Waals surface area contributed by atoms with E-state index in [0.29, 0.717) is 29.3 Å². The molecule has 0 saturated heterocycles. The summed E-state index contributed by atoms with van der Waals surface area (Å²) in [6.07, 6.45) is 1.73. The zero-order valence-electron chi connectivity index (χ0n) is 16.7. The first-order valence-electron chi connectivity index (χ1n) is 9.29. The normalized spacial score (nSPS) is 10.6. The number of rotatable bonds is 8. The van der Waals surface area contributed by atoms with Gasteiger partial charge in [-0.05, 0) is 31.2 Å². The molecule has 0 aliphatic carbocycles. The van der Waals surface area contributed by atoms with Crippen LogP contribution in [0.3, 0.4) is 0 Å². The van der Waals surface area contributed by atoms with Crippen molar-refractivity contribution in [2.75, 3.05) is 32.6 Å². The molecule has 0 fully saturated rings. The molecule has 1 heterocycles. The number of nitrogens with zero attached hydrogens (tertiary/aromatic N) is 1. The maximum absolute atomic E-state index is 12.8. The van der Waals surface area contributed by atoms with Crippen molar-refractivity contribution in [1.29, 1.82) is 0 Å². The summed E-state index contributed by atoms with van der Waals surface area (Å²) < 4.78 is 15.9. The Morgan fingerprint density at radius 3 is 2.55 bits per heavy atom. The molecule has 7 nitrogen and oxygen atoms in total. The van der Waals surface area contributed by atoms with Crippen LogP contribution in [-0.2, 0) is 16.0 Å². The standard InChI is InChI=1S/C22H24N2O5/c1-4-24(13-21(25)23-16-6-5-7-17(11-16)27-2)22(26)10-15-14-29-20-12-18(28-3)8-9-19(15)20/h5-9,11-12,14H,4,10,13H2,1-3H3,(H,23,25). The van der Waals surface area contributed by atoms with Crippen molar-refractivity contribution in [3.8, 4) is 11.5 Å². The Bertz CT molecular complexity index is 1010. The van der Waals surface area contributed by atoms with Crippen molar-refractivity contribution < 1.29 is 23.5 Å². The molecule has 0 radical (unpaired) electrons. The monoisotopic (exact) mass is 396 g/mol. The highest BCUT2D eigenvalue weighted by molar-refractivity contribution is 5.95. The van der Waals surface area contributed by atoms with Crippen LogP contribution in [0.15, 0.2) is 53.1 Å². The number of nitrogens with one attached hydrogen (secondary N) is 1. The van der Waals surface area contributed by atoms with E-state index in [1.807, 2.05) is 19.1 Å². The summed E-state index contributed by atoms with van der Waals surface area (Å²) in [5.74, 6) is 0.922. The first-order chi connectivity index (χ1) is 14.0. The molecule has 1 N–H and O–H groups in total. The third kappa shape index (κ3) is 4.87. The molecule has 0 spiro atoms. The maximum atomic E-state index is 12.8. The zero-order chi connectivity index (χ0) is 20.8. The quantitative estimate of drug-likeness (QED) is 0.630. The van der Waals surface area contributed by atoms with Gasteiger partial charge in [-0.2, -0.15) is 0 Å². The minimum absolute atomic E-state index is 0.0316. The fraction of sp³-hybridized carbons (Fsp3) is 0.273. The number of methoxy groups -OCH3 is 2. The van der Waals surface area contributed by atoms with Crippen LogP contribution in [0.1, 0.15) is 12.5 Å². The van der Waals surface area contributed by atoms with Crippen LogP contribution < -0.4 is 14.8 Å². The molecular formula is C22H24N2O5. The van der Waals surface area contributed by atoms with Crippen LogP contribution in [0, 0.1) is 0 Å². The van der Waals surface area contributed by atoms with Crippen LogP contribution in [0.25, 0.3) is 11.0 Å². The van der Waals surface area contributed by atoms with Crippen LogP contribution in [0.4, 0.5) is 5.69 Å². The third-order valence-electron chi connectivity index (χ3n) is 4.63. The van der Waals surface area contributed by atoms with Crippen LogP contribution in [0.2, 0.25) is 0 Å². The maximum Gasteiger partial charge on any atom is 0.243 e. The number of amides is 2. The minimum Gasteiger partial charge on any atom is -0.497 e. The number of fused-ring (bicyclic) bond motifs is 1. The highest BCUT2D eigenvalue weighted by Crippen LogP contribution is 2.26. The molecule has 29 heavy (non-hydrogen) atoms. The van der Waals surface area contributed by atoms with Gasteiger partial charge in [-0.1, -0.05) is 6.07 Å². The Balaban J connectivity index is 1.65. The van der Waals surface area contributed by atoms with Gasteiger partial charge in [0.1, 0.15) is 17.1 Å². The number of likely N-dealkylation sites (N-methyl/N-ethyl adjacent to an activating group) is 1. The summed E-state index contributed by atoms with van der Waals surface area (Å²) in [4.78, 5) is 26.7. The smallest absolute Gasteiger partial charge is 0.243 e. The van der Waals surface area contributed by atoms with E-state index in [9.17, 15) is 9.59 Å². The summed E-state index contributed by atoms with van der Waals surface area (Å²) in [6, 6.07) is 12.5. The van der Waals surface area contributed by atoms with Gasteiger partial charge in [0.05, 0.1) is 33.4 Å². The second kappa shape index (κ2) is 9.14. The van der Waals surface area contributed by atoms with Crippen LogP contribution >= 0.6 is 0 Å². The number of hydrogen-bond donors (Lipinski definition) is 1. The molecule has 0 atom stereocenters. The number of ether oxygens (including phenoxy) is 2. The van der Waals surface area contributed by atoms with E-state index in [1.165, 1.54) is 4.90 Å². The molecule has 3 rings (SSSR count). The van der Waals surface area contributed by atoms with E-state index in [1.54, 1.807) is 50.8 Å². The Morgan fingerprint density at radius 1 is 1.07 bits per heavy atom. The molecule has 0 unspecified atom stereocenters. The number of carbonyl (C=O) groups is 2. The summed E-state index contributed by atoms with van der Waals surface area (Å²) in [5.41, 5.74) is 2.05. The topological polar surface area (TPSA) is 81.0 Å². The number of anilines is 1. The van der Waals surface area contributed by atoms with E-state index >= 15 is 0 Å². The van der Waals surface area contributed by atoms with Gasteiger partial charge in [0.15, 0.2) is 0 Å². The van der Waals surface area contributed by atoms with E-state index in [-0.39, 0.29) is 24.8 Å². The molecule has 0 saturated carbocycles.